The van der Waals surface area contributed by atoms with Crippen molar-refractivity contribution in [2.45, 2.75) is 39.0 Å². The number of benzene rings is 4. The highest BCUT2D eigenvalue weighted by Gasteiger charge is 2.28. The smallest absolute Gasteiger partial charge is 0.231 e. The molecule has 0 fully saturated rings. The van der Waals surface area contributed by atoms with E-state index < -0.39 is 0 Å². The van der Waals surface area contributed by atoms with Gasteiger partial charge in [0.05, 0.1) is 0 Å². The topological polar surface area (TPSA) is 18.5 Å². The van der Waals surface area contributed by atoms with Crippen LogP contribution in [-0.2, 0) is 12.8 Å². The van der Waals surface area contributed by atoms with Gasteiger partial charge in [-0.1, -0.05) is 91.7 Å². The van der Waals surface area contributed by atoms with Crippen molar-refractivity contribution in [1.82, 2.24) is 0 Å². The van der Waals surface area contributed by atoms with Crippen LogP contribution < -0.4 is 9.47 Å². The summed E-state index contributed by atoms with van der Waals surface area (Å²) in [7, 11) is 0. The van der Waals surface area contributed by atoms with E-state index in [1.54, 1.807) is 0 Å². The second-order valence-corrected chi connectivity index (χ2v) is 10.3. The maximum absolute atomic E-state index is 5.76. The lowest BCUT2D eigenvalue weighted by atomic mass is 9.90. The summed E-state index contributed by atoms with van der Waals surface area (Å²) in [5.74, 6) is 1.69. The van der Waals surface area contributed by atoms with Gasteiger partial charge in [0.2, 0.25) is 6.79 Å². The molecule has 0 atom stereocenters. The Hall–Kier alpha value is -4.04. The molecule has 7 rings (SSSR count). The number of hydrogen-bond acceptors (Lipinski definition) is 2. The third-order valence-corrected chi connectivity index (χ3v) is 8.00. The van der Waals surface area contributed by atoms with E-state index in [1.807, 2.05) is 0 Å². The van der Waals surface area contributed by atoms with E-state index in [-0.39, 0.29) is 0 Å². The second-order valence-electron chi connectivity index (χ2n) is 10.3. The van der Waals surface area contributed by atoms with Crippen molar-refractivity contribution in [3.8, 4) is 11.5 Å². The summed E-state index contributed by atoms with van der Waals surface area (Å²) in [5, 5.41) is 0. The van der Waals surface area contributed by atoms with Gasteiger partial charge in [-0.25, -0.2) is 0 Å². The first-order chi connectivity index (χ1) is 18.3. The van der Waals surface area contributed by atoms with Crippen molar-refractivity contribution in [3.05, 3.63) is 136 Å². The molecule has 0 aromatic heterocycles. The van der Waals surface area contributed by atoms with Gasteiger partial charge in [0.25, 0.3) is 0 Å². The van der Waals surface area contributed by atoms with Gasteiger partial charge in [-0.3, -0.25) is 0 Å². The van der Waals surface area contributed by atoms with Gasteiger partial charge in [0, 0.05) is 0 Å². The van der Waals surface area contributed by atoms with E-state index in [1.165, 1.54) is 74.1 Å². The number of fused-ring (bicyclic) bond motifs is 3. The Morgan fingerprint density at radius 3 is 2.27 bits per heavy atom. The Morgan fingerprint density at radius 1 is 0.622 bits per heavy atom. The fraction of sp³-hybridized carbons (Fsp3) is 0.200. The fourth-order valence-corrected chi connectivity index (χ4v) is 6.22. The molecule has 0 saturated heterocycles. The molecule has 0 bridgehead atoms. The van der Waals surface area contributed by atoms with Crippen molar-refractivity contribution in [1.29, 1.82) is 0 Å². The molecular weight excluding hydrogens is 452 g/mol. The van der Waals surface area contributed by atoms with E-state index in [9.17, 15) is 0 Å². The minimum absolute atomic E-state index is 0.303. The van der Waals surface area contributed by atoms with Crippen LogP contribution in [0.15, 0.2) is 96.6 Å². The van der Waals surface area contributed by atoms with Gasteiger partial charge in [0.15, 0.2) is 11.5 Å². The largest absolute Gasteiger partial charge is 0.454 e. The number of hydrogen-bond donors (Lipinski definition) is 0. The van der Waals surface area contributed by atoms with E-state index in [0.29, 0.717) is 6.79 Å². The summed E-state index contributed by atoms with van der Waals surface area (Å²) >= 11 is 0. The quantitative estimate of drug-likeness (QED) is 0.274. The van der Waals surface area contributed by atoms with Crippen molar-refractivity contribution >= 4 is 16.7 Å². The van der Waals surface area contributed by atoms with Crippen molar-refractivity contribution in [2.24, 2.45) is 0 Å². The molecule has 37 heavy (non-hydrogen) atoms. The number of ether oxygens (including phenoxy) is 2. The summed E-state index contributed by atoms with van der Waals surface area (Å²) in [5.41, 5.74) is 15.1. The third-order valence-electron chi connectivity index (χ3n) is 8.00. The Bertz CT molecular complexity index is 1570. The van der Waals surface area contributed by atoms with E-state index in [2.05, 4.69) is 97.9 Å². The minimum atomic E-state index is 0.303. The Morgan fingerprint density at radius 2 is 1.38 bits per heavy atom. The van der Waals surface area contributed by atoms with Gasteiger partial charge >= 0.3 is 0 Å². The molecule has 2 aliphatic carbocycles. The Kier molecular flexibility index (Phi) is 5.47. The van der Waals surface area contributed by atoms with Crippen molar-refractivity contribution < 1.29 is 9.47 Å². The SMILES string of the molecule is CCCCC1=C(c2ccc3c(c2)OCO3)c2cc(C3=C(c4ccccc4)Cc4ccccc43)ccc2C1. The average molecular weight is 483 g/mol. The predicted octanol–water partition coefficient (Wildman–Crippen LogP) is 8.48. The molecule has 0 N–H and O–H groups in total. The highest BCUT2D eigenvalue weighted by atomic mass is 16.7. The van der Waals surface area contributed by atoms with Gasteiger partial charge in [-0.15, -0.1) is 0 Å². The lowest BCUT2D eigenvalue weighted by molar-refractivity contribution is 0.174. The maximum Gasteiger partial charge on any atom is 0.231 e. The molecule has 0 spiro atoms. The summed E-state index contributed by atoms with van der Waals surface area (Å²) in [6.07, 6.45) is 5.54. The Labute approximate surface area is 218 Å². The zero-order valence-corrected chi connectivity index (χ0v) is 21.2. The van der Waals surface area contributed by atoms with Crippen LogP contribution in [0.2, 0.25) is 0 Å². The van der Waals surface area contributed by atoms with E-state index in [4.69, 9.17) is 9.47 Å². The molecule has 0 saturated carbocycles. The van der Waals surface area contributed by atoms with Crippen molar-refractivity contribution in [3.63, 3.8) is 0 Å². The molecule has 0 amide bonds. The molecule has 1 aliphatic heterocycles. The first-order valence-electron chi connectivity index (χ1n) is 13.4. The molecule has 2 nitrogen and oxygen atoms in total. The van der Waals surface area contributed by atoms with Gasteiger partial charge in [-0.2, -0.15) is 0 Å². The minimum Gasteiger partial charge on any atom is -0.454 e. The predicted molar refractivity (Wildman–Crippen MR) is 151 cm³/mol. The fourth-order valence-electron chi connectivity index (χ4n) is 6.22. The number of allylic oxidation sites excluding steroid dienone is 2. The standard InChI is InChI=1S/C35H30O2/c1-2-3-9-26-18-25-14-15-27(20-31(25)34(26)28-16-17-32-33(21-28)37-22-36-32)35-29-13-8-7-12-24(29)19-30(35)23-10-5-4-6-11-23/h4-8,10-17,20-21H,2-3,9,18-19,22H2,1H3. The zero-order valence-electron chi connectivity index (χ0n) is 21.2. The number of unbranched alkanes of at least 4 members (excludes halogenated alkanes) is 1. The van der Waals surface area contributed by atoms with Crippen LogP contribution in [0.1, 0.15) is 65.1 Å². The van der Waals surface area contributed by atoms with Crippen LogP contribution in [0, 0.1) is 0 Å². The lowest BCUT2D eigenvalue weighted by Crippen LogP contribution is -1.94. The van der Waals surface area contributed by atoms with Crippen LogP contribution >= 0.6 is 0 Å². The molecule has 0 unspecified atom stereocenters. The molecule has 4 aromatic rings. The monoisotopic (exact) mass is 482 g/mol. The molecule has 1 heterocycles. The highest BCUT2D eigenvalue weighted by Crippen LogP contribution is 2.47. The van der Waals surface area contributed by atoms with Crippen molar-refractivity contribution in [2.75, 3.05) is 6.79 Å². The zero-order chi connectivity index (χ0) is 24.8. The Balaban J connectivity index is 1.40. The first-order valence-corrected chi connectivity index (χ1v) is 13.4. The normalized spacial score (nSPS) is 15.4. The average Bonchev–Trinajstić information content (AvgIpc) is 3.66. The summed E-state index contributed by atoms with van der Waals surface area (Å²) < 4.78 is 11.4. The molecule has 0 radical (unpaired) electrons. The van der Waals surface area contributed by atoms with Crippen LogP contribution in [0.3, 0.4) is 0 Å². The van der Waals surface area contributed by atoms with Gasteiger partial charge in [0.1, 0.15) is 0 Å². The molecule has 4 aromatic carbocycles. The van der Waals surface area contributed by atoms with E-state index in [0.717, 1.165) is 30.8 Å². The van der Waals surface area contributed by atoms with Gasteiger partial charge < -0.3 is 9.47 Å². The van der Waals surface area contributed by atoms with E-state index >= 15 is 0 Å². The molecule has 3 aliphatic rings. The maximum atomic E-state index is 5.76. The third kappa shape index (κ3) is 3.79. The number of rotatable bonds is 6. The first kappa shape index (κ1) is 22.2. The molecular formula is C35H30O2. The molecule has 182 valence electrons. The van der Waals surface area contributed by atoms with Crippen LogP contribution in [-0.4, -0.2) is 6.79 Å². The van der Waals surface area contributed by atoms with Crippen LogP contribution in [0.5, 0.6) is 11.5 Å². The van der Waals surface area contributed by atoms with Crippen LogP contribution in [0.4, 0.5) is 0 Å². The van der Waals surface area contributed by atoms with Crippen LogP contribution in [0.25, 0.3) is 16.7 Å². The summed E-state index contributed by atoms with van der Waals surface area (Å²) in [6, 6.07) is 33.4. The highest BCUT2D eigenvalue weighted by molar-refractivity contribution is 6.04. The van der Waals surface area contributed by atoms with Gasteiger partial charge in [-0.05, 0) is 99.5 Å². The summed E-state index contributed by atoms with van der Waals surface area (Å²) in [4.78, 5) is 0. The second kappa shape index (κ2) is 9.12. The summed E-state index contributed by atoms with van der Waals surface area (Å²) in [6.45, 7) is 2.58. The molecule has 2 heteroatoms. The lowest BCUT2D eigenvalue weighted by Gasteiger charge is -2.14.